The summed E-state index contributed by atoms with van der Waals surface area (Å²) in [6, 6.07) is 0. The third kappa shape index (κ3) is 4.41. The Bertz CT molecular complexity index is 238. The van der Waals surface area contributed by atoms with Crippen LogP contribution in [0.5, 0.6) is 0 Å². The van der Waals surface area contributed by atoms with Crippen molar-refractivity contribution in [2.24, 2.45) is 0 Å². The van der Waals surface area contributed by atoms with E-state index in [1.54, 1.807) is 0 Å². The Hall–Kier alpha value is -0.250. The molecule has 1 amide bonds. The van der Waals surface area contributed by atoms with Crippen LogP contribution in [0.2, 0.25) is 0 Å². The van der Waals surface area contributed by atoms with Crippen molar-refractivity contribution in [2.75, 3.05) is 13.1 Å². The number of hydrogen-bond donors (Lipinski definition) is 2. The van der Waals surface area contributed by atoms with Gasteiger partial charge in [0.15, 0.2) is 0 Å². The van der Waals surface area contributed by atoms with E-state index in [-0.39, 0.29) is 18.3 Å². The number of halogens is 2. The Morgan fingerprint density at radius 1 is 1.60 bits per heavy atom. The Morgan fingerprint density at radius 2 is 2.27 bits per heavy atom. The highest BCUT2D eigenvalue weighted by Crippen LogP contribution is 2.18. The molecule has 3 nitrogen and oxygen atoms in total. The smallest absolute Gasteiger partial charge is 0.240 e. The molecule has 2 N–H and O–H groups in total. The highest BCUT2D eigenvalue weighted by atomic mass is 35.5. The summed E-state index contributed by atoms with van der Waals surface area (Å²) in [5.74, 6) is 0.0130. The fourth-order valence-corrected chi connectivity index (χ4v) is 1.69. The van der Waals surface area contributed by atoms with E-state index in [2.05, 4.69) is 17.2 Å². The largest absolute Gasteiger partial charge is 0.350 e. The van der Waals surface area contributed by atoms with E-state index < -0.39 is 5.54 Å². The lowest BCUT2D eigenvalue weighted by molar-refractivity contribution is -0.127. The maximum atomic E-state index is 11.8. The molecule has 1 rings (SSSR count). The second kappa shape index (κ2) is 6.36. The van der Waals surface area contributed by atoms with Crippen LogP contribution in [0.3, 0.4) is 0 Å². The van der Waals surface area contributed by atoms with Crippen LogP contribution >= 0.6 is 24.0 Å². The molecule has 15 heavy (non-hydrogen) atoms. The molecule has 0 radical (unpaired) electrons. The van der Waals surface area contributed by atoms with Crippen LogP contribution in [-0.4, -0.2) is 24.5 Å². The first kappa shape index (κ1) is 14.8. The summed E-state index contributed by atoms with van der Waals surface area (Å²) in [5, 5.41) is 6.45. The Kier molecular flexibility index (Phi) is 6.25. The zero-order valence-corrected chi connectivity index (χ0v) is 10.5. The normalized spacial score (nSPS) is 25.2. The van der Waals surface area contributed by atoms with E-state index in [9.17, 15) is 4.79 Å². The van der Waals surface area contributed by atoms with E-state index in [1.807, 2.05) is 6.92 Å². The van der Waals surface area contributed by atoms with Crippen molar-refractivity contribution in [3.63, 3.8) is 0 Å². The molecule has 1 atom stereocenters. The van der Waals surface area contributed by atoms with E-state index in [0.29, 0.717) is 11.6 Å². The van der Waals surface area contributed by atoms with Crippen molar-refractivity contribution < 1.29 is 4.79 Å². The summed E-state index contributed by atoms with van der Waals surface area (Å²) in [4.78, 5) is 11.8. The van der Waals surface area contributed by atoms with Gasteiger partial charge in [0.05, 0.1) is 12.1 Å². The van der Waals surface area contributed by atoms with Gasteiger partial charge in [-0.2, -0.15) is 0 Å². The average Bonchev–Trinajstić information content (AvgIpc) is 2.15. The molecule has 0 aromatic rings. The van der Waals surface area contributed by atoms with Gasteiger partial charge < -0.3 is 10.6 Å². The van der Waals surface area contributed by atoms with E-state index in [1.165, 1.54) is 0 Å². The van der Waals surface area contributed by atoms with Gasteiger partial charge in [-0.1, -0.05) is 18.2 Å². The Labute approximate surface area is 102 Å². The number of rotatable bonds is 3. The molecule has 0 saturated carbocycles. The van der Waals surface area contributed by atoms with Crippen molar-refractivity contribution in [2.45, 2.75) is 31.7 Å². The molecule has 1 saturated heterocycles. The third-order valence-corrected chi connectivity index (χ3v) is 2.69. The Balaban J connectivity index is 0.00000196. The predicted molar refractivity (Wildman–Crippen MR) is 65.5 cm³/mol. The van der Waals surface area contributed by atoms with Gasteiger partial charge in [0.2, 0.25) is 5.91 Å². The van der Waals surface area contributed by atoms with Crippen molar-refractivity contribution in [1.29, 1.82) is 0 Å². The zero-order valence-electron chi connectivity index (χ0n) is 8.94. The lowest BCUT2D eigenvalue weighted by Crippen LogP contribution is -2.57. The van der Waals surface area contributed by atoms with Crippen LogP contribution in [0.15, 0.2) is 11.6 Å². The van der Waals surface area contributed by atoms with Gasteiger partial charge in [-0.25, -0.2) is 0 Å². The van der Waals surface area contributed by atoms with Crippen molar-refractivity contribution in [1.82, 2.24) is 10.6 Å². The molecule has 1 fully saturated rings. The van der Waals surface area contributed by atoms with Crippen molar-refractivity contribution in [3.8, 4) is 0 Å². The molecule has 88 valence electrons. The molecule has 1 aliphatic rings. The summed E-state index contributed by atoms with van der Waals surface area (Å²) in [7, 11) is 0. The minimum Gasteiger partial charge on any atom is -0.350 e. The molecule has 0 spiro atoms. The number of carbonyl (C=O) groups excluding carboxylic acids is 1. The monoisotopic (exact) mass is 252 g/mol. The third-order valence-electron chi connectivity index (χ3n) is 2.56. The molecule has 1 unspecified atom stereocenters. The van der Waals surface area contributed by atoms with E-state index in [4.69, 9.17) is 11.6 Å². The van der Waals surface area contributed by atoms with Gasteiger partial charge in [0, 0.05) is 5.03 Å². The van der Waals surface area contributed by atoms with Crippen molar-refractivity contribution in [3.05, 3.63) is 11.6 Å². The zero-order chi connectivity index (χ0) is 10.6. The summed E-state index contributed by atoms with van der Waals surface area (Å²) >= 11 is 5.58. The van der Waals surface area contributed by atoms with E-state index >= 15 is 0 Å². The van der Waals surface area contributed by atoms with Gasteiger partial charge in [-0.05, 0) is 32.7 Å². The SMILES string of the molecule is C=C(Cl)CNC(=O)C1(C)CCCCN1.Cl. The quantitative estimate of drug-likeness (QED) is 0.805. The predicted octanol–water partition coefficient (Wildman–Crippen LogP) is 1.81. The van der Waals surface area contributed by atoms with Crippen LogP contribution in [0.25, 0.3) is 0 Å². The summed E-state index contributed by atoms with van der Waals surface area (Å²) in [6.07, 6.45) is 3.12. The maximum absolute atomic E-state index is 11.8. The Morgan fingerprint density at radius 3 is 2.73 bits per heavy atom. The van der Waals surface area contributed by atoms with Gasteiger partial charge in [-0.15, -0.1) is 12.4 Å². The van der Waals surface area contributed by atoms with Gasteiger partial charge in [0.25, 0.3) is 0 Å². The van der Waals surface area contributed by atoms with Gasteiger partial charge in [-0.3, -0.25) is 4.79 Å². The minimum atomic E-state index is -0.426. The number of amides is 1. The maximum Gasteiger partial charge on any atom is 0.240 e. The first-order chi connectivity index (χ1) is 6.54. The molecule has 5 heteroatoms. The average molecular weight is 253 g/mol. The minimum absolute atomic E-state index is 0. The first-order valence-corrected chi connectivity index (χ1v) is 5.29. The number of carbonyl (C=O) groups is 1. The van der Waals surface area contributed by atoms with Crippen LogP contribution in [0, 0.1) is 0 Å². The molecule has 1 aliphatic heterocycles. The number of piperidine rings is 1. The fraction of sp³-hybridized carbons (Fsp3) is 0.700. The van der Waals surface area contributed by atoms with Crippen LogP contribution < -0.4 is 10.6 Å². The molecular formula is C10H18Cl2N2O. The van der Waals surface area contributed by atoms with Crippen LogP contribution in [0.1, 0.15) is 26.2 Å². The van der Waals surface area contributed by atoms with Crippen LogP contribution in [0.4, 0.5) is 0 Å². The van der Waals surface area contributed by atoms with Crippen molar-refractivity contribution >= 4 is 29.9 Å². The second-order valence-corrected chi connectivity index (χ2v) is 4.45. The standard InChI is InChI=1S/C10H17ClN2O.ClH/c1-8(11)7-12-9(14)10(2)5-3-4-6-13-10;/h13H,1,3-7H2,2H3,(H,12,14);1H. The molecule has 0 aromatic carbocycles. The molecular weight excluding hydrogens is 235 g/mol. The molecule has 1 heterocycles. The summed E-state index contributed by atoms with van der Waals surface area (Å²) in [6.45, 7) is 6.71. The van der Waals surface area contributed by atoms with Gasteiger partial charge in [0.1, 0.15) is 0 Å². The summed E-state index contributed by atoms with van der Waals surface area (Å²) in [5.41, 5.74) is -0.426. The number of nitrogens with one attached hydrogen (secondary N) is 2. The van der Waals surface area contributed by atoms with E-state index in [0.717, 1.165) is 25.8 Å². The lowest BCUT2D eigenvalue weighted by atomic mass is 9.90. The first-order valence-electron chi connectivity index (χ1n) is 4.91. The molecule has 0 aromatic heterocycles. The second-order valence-electron chi connectivity index (χ2n) is 3.92. The summed E-state index contributed by atoms with van der Waals surface area (Å²) < 4.78 is 0. The topological polar surface area (TPSA) is 41.1 Å². The molecule has 0 aliphatic carbocycles. The van der Waals surface area contributed by atoms with Crippen LogP contribution in [-0.2, 0) is 4.79 Å². The molecule has 0 bridgehead atoms. The lowest BCUT2D eigenvalue weighted by Gasteiger charge is -2.33. The highest BCUT2D eigenvalue weighted by Gasteiger charge is 2.33. The fourth-order valence-electron chi connectivity index (χ4n) is 1.62. The highest BCUT2D eigenvalue weighted by molar-refractivity contribution is 6.29. The number of hydrogen-bond acceptors (Lipinski definition) is 2. The van der Waals surface area contributed by atoms with Gasteiger partial charge >= 0.3 is 0 Å².